The smallest absolute Gasteiger partial charge is 0.435 e. The molecule has 0 unspecified atom stereocenters. The number of aromatic nitrogens is 6. The van der Waals surface area contributed by atoms with Crippen molar-refractivity contribution in [3.05, 3.63) is 60.2 Å². The largest absolute Gasteiger partial charge is 0.442 e. The molecule has 1 saturated heterocycles. The third-order valence-electron chi connectivity index (χ3n) is 5.77. The molecule has 0 atom stereocenters. The van der Waals surface area contributed by atoms with Crippen LogP contribution in [-0.4, -0.2) is 85.1 Å². The Labute approximate surface area is 230 Å². The van der Waals surface area contributed by atoms with Crippen LogP contribution >= 0.6 is 0 Å². The normalized spacial score (nSPS) is 13.4. The highest BCUT2D eigenvalue weighted by atomic mass is 16.6. The fourth-order valence-corrected chi connectivity index (χ4v) is 3.90. The molecule has 5 rings (SSSR count). The van der Waals surface area contributed by atoms with E-state index in [0.29, 0.717) is 55.0 Å². The molecule has 0 spiro atoms. The van der Waals surface area contributed by atoms with Gasteiger partial charge < -0.3 is 19.7 Å². The molecule has 1 fully saturated rings. The summed E-state index contributed by atoms with van der Waals surface area (Å²) >= 11 is 0. The van der Waals surface area contributed by atoms with E-state index in [2.05, 4.69) is 42.2 Å². The fraction of sp³-hybridized carbons (Fsp3) is 0.321. The Morgan fingerprint density at radius 2 is 1.85 bits per heavy atom. The number of ether oxygens (including phenoxy) is 2. The number of morpholine rings is 1. The van der Waals surface area contributed by atoms with E-state index in [1.54, 1.807) is 68.5 Å². The molecular formula is C28H28N8O4. The Morgan fingerprint density at radius 1 is 1.05 bits per heavy atom. The Kier molecular flexibility index (Phi) is 7.65. The van der Waals surface area contributed by atoms with Gasteiger partial charge >= 0.3 is 6.09 Å². The van der Waals surface area contributed by atoms with Crippen LogP contribution in [-0.2, 0) is 14.3 Å². The second-order valence-corrected chi connectivity index (χ2v) is 9.94. The zero-order valence-electron chi connectivity index (χ0n) is 22.4. The third-order valence-corrected chi connectivity index (χ3v) is 5.77. The molecule has 204 valence electrons. The van der Waals surface area contributed by atoms with Gasteiger partial charge in [-0.2, -0.15) is 9.78 Å². The van der Waals surface area contributed by atoms with E-state index in [1.165, 1.54) is 4.68 Å². The predicted octanol–water partition coefficient (Wildman–Crippen LogP) is 2.74. The van der Waals surface area contributed by atoms with E-state index in [-0.39, 0.29) is 12.5 Å². The molecule has 1 amide bonds. The highest BCUT2D eigenvalue weighted by Gasteiger charge is 2.20. The molecule has 0 aliphatic carbocycles. The van der Waals surface area contributed by atoms with Gasteiger partial charge in [0.25, 0.3) is 0 Å². The number of carbonyl (C=O) groups excluding carboxylic acids is 2. The van der Waals surface area contributed by atoms with E-state index in [4.69, 9.17) is 9.47 Å². The molecule has 4 aromatic rings. The SMILES string of the molecule is CC(C)(C)OC(=O)n1ncc2cc(C#Cc3ccnc(-c4ccnc(NCC(=O)N5CCOCC5)n4)n3)ccc21. The lowest BCUT2D eigenvalue weighted by Gasteiger charge is -2.26. The lowest BCUT2D eigenvalue weighted by Crippen LogP contribution is -2.43. The van der Waals surface area contributed by atoms with Crippen molar-refractivity contribution in [1.29, 1.82) is 0 Å². The molecule has 0 radical (unpaired) electrons. The van der Waals surface area contributed by atoms with Crippen molar-refractivity contribution in [1.82, 2.24) is 34.6 Å². The van der Waals surface area contributed by atoms with Crippen molar-refractivity contribution < 1.29 is 19.1 Å². The molecule has 40 heavy (non-hydrogen) atoms. The van der Waals surface area contributed by atoms with Crippen molar-refractivity contribution in [2.45, 2.75) is 26.4 Å². The Bertz CT molecular complexity index is 1610. The van der Waals surface area contributed by atoms with Crippen LogP contribution in [0.25, 0.3) is 22.4 Å². The zero-order chi connectivity index (χ0) is 28.1. The van der Waals surface area contributed by atoms with Crippen LogP contribution in [0.3, 0.4) is 0 Å². The minimum absolute atomic E-state index is 0.0406. The Hall–Kier alpha value is -4.89. The molecule has 1 N–H and O–H groups in total. The van der Waals surface area contributed by atoms with E-state index in [9.17, 15) is 9.59 Å². The van der Waals surface area contributed by atoms with E-state index in [1.807, 2.05) is 6.07 Å². The van der Waals surface area contributed by atoms with Crippen molar-refractivity contribution in [3.8, 4) is 23.4 Å². The van der Waals surface area contributed by atoms with Crippen LogP contribution in [0.1, 0.15) is 32.0 Å². The van der Waals surface area contributed by atoms with E-state index in [0.717, 1.165) is 10.9 Å². The number of carbonyl (C=O) groups is 2. The molecule has 12 nitrogen and oxygen atoms in total. The molecular weight excluding hydrogens is 512 g/mol. The van der Waals surface area contributed by atoms with Crippen LogP contribution in [0.4, 0.5) is 10.7 Å². The van der Waals surface area contributed by atoms with Gasteiger partial charge in [-0.05, 0) is 57.0 Å². The van der Waals surface area contributed by atoms with E-state index >= 15 is 0 Å². The van der Waals surface area contributed by atoms with Gasteiger partial charge in [0.05, 0.1) is 31.5 Å². The number of nitrogens with one attached hydrogen (secondary N) is 1. The van der Waals surface area contributed by atoms with Gasteiger partial charge in [0.1, 0.15) is 17.0 Å². The third kappa shape index (κ3) is 6.57. The van der Waals surface area contributed by atoms with Gasteiger partial charge in [-0.15, -0.1) is 0 Å². The van der Waals surface area contributed by atoms with Crippen LogP contribution in [0.5, 0.6) is 0 Å². The van der Waals surface area contributed by atoms with Crippen molar-refractivity contribution in [3.63, 3.8) is 0 Å². The molecule has 4 heterocycles. The monoisotopic (exact) mass is 540 g/mol. The van der Waals surface area contributed by atoms with Gasteiger partial charge in [-0.1, -0.05) is 5.92 Å². The van der Waals surface area contributed by atoms with Crippen molar-refractivity contribution in [2.24, 2.45) is 0 Å². The van der Waals surface area contributed by atoms with Crippen LogP contribution < -0.4 is 5.32 Å². The van der Waals surface area contributed by atoms with Gasteiger partial charge in [0.15, 0.2) is 5.82 Å². The molecule has 0 saturated carbocycles. The summed E-state index contributed by atoms with van der Waals surface area (Å²) in [5.41, 5.74) is 1.74. The molecule has 1 aliphatic heterocycles. The van der Waals surface area contributed by atoms with Crippen LogP contribution in [0, 0.1) is 11.8 Å². The second kappa shape index (κ2) is 11.5. The minimum atomic E-state index is -0.622. The number of hydrogen-bond donors (Lipinski definition) is 1. The summed E-state index contributed by atoms with van der Waals surface area (Å²) in [6.45, 7) is 7.73. The summed E-state index contributed by atoms with van der Waals surface area (Å²) in [4.78, 5) is 44.1. The Balaban J connectivity index is 1.28. The van der Waals surface area contributed by atoms with Gasteiger partial charge in [0, 0.05) is 36.4 Å². The number of hydrogen-bond acceptors (Lipinski definition) is 10. The quantitative estimate of drug-likeness (QED) is 0.385. The number of amides is 1. The van der Waals surface area contributed by atoms with Gasteiger partial charge in [-0.25, -0.2) is 24.7 Å². The number of rotatable bonds is 4. The van der Waals surface area contributed by atoms with Crippen molar-refractivity contribution >= 4 is 28.9 Å². The lowest BCUT2D eigenvalue weighted by molar-refractivity contribution is -0.133. The second-order valence-electron chi connectivity index (χ2n) is 9.94. The average Bonchev–Trinajstić information content (AvgIpc) is 3.38. The Morgan fingerprint density at radius 3 is 2.65 bits per heavy atom. The highest BCUT2D eigenvalue weighted by Crippen LogP contribution is 2.18. The first-order valence-corrected chi connectivity index (χ1v) is 12.7. The molecule has 0 bridgehead atoms. The fourth-order valence-electron chi connectivity index (χ4n) is 3.90. The summed E-state index contributed by atoms with van der Waals surface area (Å²) in [7, 11) is 0. The topological polar surface area (TPSA) is 137 Å². The summed E-state index contributed by atoms with van der Waals surface area (Å²) in [6.07, 6.45) is 4.25. The van der Waals surface area contributed by atoms with Gasteiger partial charge in [0.2, 0.25) is 11.9 Å². The summed E-state index contributed by atoms with van der Waals surface area (Å²) in [6, 6.07) is 8.83. The maximum atomic E-state index is 12.4. The molecule has 12 heteroatoms. The molecule has 1 aromatic carbocycles. The van der Waals surface area contributed by atoms with Crippen LogP contribution in [0.15, 0.2) is 48.9 Å². The predicted molar refractivity (Wildman–Crippen MR) is 146 cm³/mol. The number of anilines is 1. The maximum Gasteiger partial charge on any atom is 0.435 e. The standard InChI is InChI=1S/C28H28N8O4/c1-28(2,3)40-27(38)36-23-7-5-19(16-20(23)17-32-36)4-6-21-8-10-29-25(33-21)22-9-11-30-26(34-22)31-18-24(37)35-12-14-39-15-13-35/h5,7-11,16-17H,12-15,18H2,1-3H3,(H,30,31,34). The zero-order valence-corrected chi connectivity index (χ0v) is 22.4. The van der Waals surface area contributed by atoms with E-state index < -0.39 is 11.7 Å². The number of fused-ring (bicyclic) bond motifs is 1. The lowest BCUT2D eigenvalue weighted by atomic mass is 10.1. The maximum absolute atomic E-state index is 12.4. The first-order valence-electron chi connectivity index (χ1n) is 12.7. The first kappa shape index (κ1) is 26.7. The first-order chi connectivity index (χ1) is 19.2. The average molecular weight is 541 g/mol. The molecule has 1 aliphatic rings. The number of benzene rings is 1. The summed E-state index contributed by atoms with van der Waals surface area (Å²) in [5, 5.41) is 7.90. The van der Waals surface area contributed by atoms with Gasteiger partial charge in [-0.3, -0.25) is 4.79 Å². The minimum Gasteiger partial charge on any atom is -0.442 e. The van der Waals surface area contributed by atoms with Crippen molar-refractivity contribution in [2.75, 3.05) is 38.2 Å². The summed E-state index contributed by atoms with van der Waals surface area (Å²) in [5.74, 6) is 6.79. The van der Waals surface area contributed by atoms with Crippen LogP contribution in [0.2, 0.25) is 0 Å². The highest BCUT2D eigenvalue weighted by molar-refractivity contribution is 5.88. The molecule has 3 aromatic heterocycles. The summed E-state index contributed by atoms with van der Waals surface area (Å²) < 4.78 is 11.9. The number of nitrogens with zero attached hydrogens (tertiary/aromatic N) is 7.